The molecule has 23 heavy (non-hydrogen) atoms. The van der Waals surface area contributed by atoms with Gasteiger partial charge in [-0.2, -0.15) is 0 Å². The molecule has 124 valence electrons. The van der Waals surface area contributed by atoms with E-state index >= 15 is 0 Å². The molecule has 1 heterocycles. The van der Waals surface area contributed by atoms with E-state index in [0.717, 1.165) is 29.9 Å². The van der Waals surface area contributed by atoms with Crippen molar-refractivity contribution in [1.29, 1.82) is 0 Å². The zero-order valence-corrected chi connectivity index (χ0v) is 13.5. The summed E-state index contributed by atoms with van der Waals surface area (Å²) in [5.41, 5.74) is 2.13. The summed E-state index contributed by atoms with van der Waals surface area (Å²) in [7, 11) is 0. The summed E-state index contributed by atoms with van der Waals surface area (Å²) >= 11 is 0. The SMILES string of the molecule is O=C(O)C1Cc2ccccc2CN1C(=O)CCCC1CCCC1. The molecule has 4 nitrogen and oxygen atoms in total. The third-order valence-electron chi connectivity index (χ3n) is 5.33. The molecule has 0 aromatic heterocycles. The fraction of sp³-hybridized carbons (Fsp3) is 0.579. The van der Waals surface area contributed by atoms with Crippen LogP contribution in [0.2, 0.25) is 0 Å². The van der Waals surface area contributed by atoms with Gasteiger partial charge in [-0.15, -0.1) is 0 Å². The van der Waals surface area contributed by atoms with E-state index in [2.05, 4.69) is 0 Å². The van der Waals surface area contributed by atoms with Crippen molar-refractivity contribution in [3.05, 3.63) is 35.4 Å². The molecule has 0 saturated heterocycles. The highest BCUT2D eigenvalue weighted by atomic mass is 16.4. The van der Waals surface area contributed by atoms with Gasteiger partial charge in [-0.3, -0.25) is 4.79 Å². The maximum atomic E-state index is 12.6. The van der Waals surface area contributed by atoms with Gasteiger partial charge in [-0.1, -0.05) is 49.9 Å². The lowest BCUT2D eigenvalue weighted by Crippen LogP contribution is -2.48. The predicted octanol–water partition coefficient (Wildman–Crippen LogP) is 3.39. The summed E-state index contributed by atoms with van der Waals surface area (Å²) in [6.45, 7) is 0.426. The van der Waals surface area contributed by atoms with E-state index in [0.29, 0.717) is 19.4 Å². The molecule has 1 N–H and O–H groups in total. The zero-order chi connectivity index (χ0) is 16.2. The molecule has 0 spiro atoms. The lowest BCUT2D eigenvalue weighted by Gasteiger charge is -2.34. The molecule has 1 atom stereocenters. The van der Waals surface area contributed by atoms with Gasteiger partial charge in [0.1, 0.15) is 6.04 Å². The minimum atomic E-state index is -0.899. The van der Waals surface area contributed by atoms with Crippen molar-refractivity contribution in [2.24, 2.45) is 5.92 Å². The Bertz CT molecular complexity index is 578. The van der Waals surface area contributed by atoms with Crippen LogP contribution in [0.5, 0.6) is 0 Å². The van der Waals surface area contributed by atoms with E-state index in [1.807, 2.05) is 24.3 Å². The van der Waals surface area contributed by atoms with Crippen molar-refractivity contribution >= 4 is 11.9 Å². The van der Waals surface area contributed by atoms with Crippen LogP contribution in [0.15, 0.2) is 24.3 Å². The van der Waals surface area contributed by atoms with E-state index in [1.54, 1.807) is 4.90 Å². The van der Waals surface area contributed by atoms with Gasteiger partial charge in [-0.25, -0.2) is 4.79 Å². The van der Waals surface area contributed by atoms with Crippen LogP contribution in [-0.4, -0.2) is 27.9 Å². The largest absolute Gasteiger partial charge is 0.480 e. The van der Waals surface area contributed by atoms with E-state index < -0.39 is 12.0 Å². The average molecular weight is 315 g/mol. The van der Waals surface area contributed by atoms with Crippen molar-refractivity contribution in [3.63, 3.8) is 0 Å². The monoisotopic (exact) mass is 315 g/mol. The number of benzene rings is 1. The molecule has 1 amide bonds. The number of hydrogen-bond donors (Lipinski definition) is 1. The molecule has 4 heteroatoms. The minimum Gasteiger partial charge on any atom is -0.480 e. The second-order valence-electron chi connectivity index (χ2n) is 6.89. The van der Waals surface area contributed by atoms with Crippen LogP contribution >= 0.6 is 0 Å². The third-order valence-corrected chi connectivity index (χ3v) is 5.33. The molecule has 0 bridgehead atoms. The summed E-state index contributed by atoms with van der Waals surface area (Å²) in [5, 5.41) is 9.49. The summed E-state index contributed by atoms with van der Waals surface area (Å²) in [6, 6.07) is 7.11. The first-order valence-electron chi connectivity index (χ1n) is 8.74. The number of carboxylic acids is 1. The summed E-state index contributed by atoms with van der Waals surface area (Å²) in [4.78, 5) is 25.7. The molecule has 1 aromatic carbocycles. The van der Waals surface area contributed by atoms with Crippen molar-refractivity contribution in [2.75, 3.05) is 0 Å². The van der Waals surface area contributed by atoms with Gasteiger partial charge in [0.25, 0.3) is 0 Å². The number of carbonyl (C=O) groups excluding carboxylic acids is 1. The smallest absolute Gasteiger partial charge is 0.326 e. The Morgan fingerprint density at radius 2 is 1.83 bits per heavy atom. The number of fused-ring (bicyclic) bond motifs is 1. The molecule has 0 radical (unpaired) electrons. The van der Waals surface area contributed by atoms with Crippen LogP contribution in [0.1, 0.15) is 56.1 Å². The van der Waals surface area contributed by atoms with Gasteiger partial charge < -0.3 is 10.0 Å². The highest BCUT2D eigenvalue weighted by molar-refractivity contribution is 5.84. The highest BCUT2D eigenvalue weighted by Gasteiger charge is 2.34. The highest BCUT2D eigenvalue weighted by Crippen LogP contribution is 2.30. The summed E-state index contributed by atoms with van der Waals surface area (Å²) in [6.07, 6.45) is 8.11. The minimum absolute atomic E-state index is 0.00935. The number of carboxylic acid groups (broad SMARTS) is 1. The molecule has 1 aliphatic carbocycles. The topological polar surface area (TPSA) is 57.6 Å². The fourth-order valence-corrected chi connectivity index (χ4v) is 3.99. The Hall–Kier alpha value is -1.84. The van der Waals surface area contributed by atoms with Gasteiger partial charge in [0.05, 0.1) is 0 Å². The maximum absolute atomic E-state index is 12.6. The molecule has 1 aromatic rings. The Morgan fingerprint density at radius 3 is 2.52 bits per heavy atom. The van der Waals surface area contributed by atoms with Crippen LogP contribution < -0.4 is 0 Å². The third kappa shape index (κ3) is 3.74. The predicted molar refractivity (Wildman–Crippen MR) is 87.9 cm³/mol. The molecule has 1 saturated carbocycles. The molecular weight excluding hydrogens is 290 g/mol. The first kappa shape index (κ1) is 16.0. The van der Waals surface area contributed by atoms with Crippen molar-refractivity contribution < 1.29 is 14.7 Å². The van der Waals surface area contributed by atoms with Gasteiger partial charge >= 0.3 is 5.97 Å². The summed E-state index contributed by atoms with van der Waals surface area (Å²) < 4.78 is 0. The Labute approximate surface area is 137 Å². The van der Waals surface area contributed by atoms with E-state index in [-0.39, 0.29) is 5.91 Å². The van der Waals surface area contributed by atoms with Gasteiger partial charge in [-0.05, 0) is 29.9 Å². The molecule has 2 aliphatic rings. The van der Waals surface area contributed by atoms with E-state index in [4.69, 9.17) is 0 Å². The lowest BCUT2D eigenvalue weighted by molar-refractivity contribution is -0.151. The van der Waals surface area contributed by atoms with E-state index in [9.17, 15) is 14.7 Å². The number of rotatable bonds is 5. The first-order chi connectivity index (χ1) is 11.1. The quantitative estimate of drug-likeness (QED) is 0.906. The number of hydrogen-bond acceptors (Lipinski definition) is 2. The Balaban J connectivity index is 1.61. The summed E-state index contributed by atoms with van der Waals surface area (Å²) in [5.74, 6) is -0.131. The molecular formula is C19H25NO3. The second kappa shape index (κ2) is 7.16. The zero-order valence-electron chi connectivity index (χ0n) is 13.5. The van der Waals surface area contributed by atoms with Crippen LogP contribution in [0.25, 0.3) is 0 Å². The standard InChI is InChI=1S/C19H25NO3/c21-18(11-5-8-14-6-1-2-7-14)20-13-16-10-4-3-9-15(16)12-17(20)19(22)23/h3-4,9-10,14,17H,1-2,5-8,11-13H2,(H,22,23). The van der Waals surface area contributed by atoms with Gasteiger partial charge in [0, 0.05) is 19.4 Å². The lowest BCUT2D eigenvalue weighted by atomic mass is 9.93. The Kier molecular flexibility index (Phi) is 4.99. The van der Waals surface area contributed by atoms with Crippen LogP contribution in [-0.2, 0) is 22.6 Å². The van der Waals surface area contributed by atoms with Crippen LogP contribution in [0, 0.1) is 5.92 Å². The van der Waals surface area contributed by atoms with Crippen LogP contribution in [0.4, 0.5) is 0 Å². The molecule has 3 rings (SSSR count). The first-order valence-corrected chi connectivity index (χ1v) is 8.74. The van der Waals surface area contributed by atoms with Gasteiger partial charge in [0.15, 0.2) is 0 Å². The van der Waals surface area contributed by atoms with E-state index in [1.165, 1.54) is 25.7 Å². The maximum Gasteiger partial charge on any atom is 0.326 e. The average Bonchev–Trinajstić information content (AvgIpc) is 3.06. The molecule has 1 aliphatic heterocycles. The molecule has 1 unspecified atom stereocenters. The van der Waals surface area contributed by atoms with Crippen molar-refractivity contribution in [3.8, 4) is 0 Å². The fourth-order valence-electron chi connectivity index (χ4n) is 3.99. The Morgan fingerprint density at radius 1 is 1.13 bits per heavy atom. The normalized spacial score (nSPS) is 21.2. The van der Waals surface area contributed by atoms with Crippen molar-refractivity contribution in [2.45, 2.75) is 64.0 Å². The number of carbonyl (C=O) groups is 2. The molecule has 1 fully saturated rings. The number of amides is 1. The number of aliphatic carboxylic acids is 1. The second-order valence-corrected chi connectivity index (χ2v) is 6.89. The van der Waals surface area contributed by atoms with Gasteiger partial charge in [0.2, 0.25) is 5.91 Å². The van der Waals surface area contributed by atoms with Crippen molar-refractivity contribution in [1.82, 2.24) is 4.90 Å². The number of nitrogens with zero attached hydrogens (tertiary/aromatic N) is 1. The van der Waals surface area contributed by atoms with Crippen LogP contribution in [0.3, 0.4) is 0 Å².